The van der Waals surface area contributed by atoms with E-state index in [-0.39, 0.29) is 5.91 Å². The Kier molecular flexibility index (Phi) is 4.62. The Hall–Kier alpha value is -3.55. The van der Waals surface area contributed by atoms with Crippen LogP contribution < -0.4 is 10.1 Å². The highest BCUT2D eigenvalue weighted by atomic mass is 16.5. The van der Waals surface area contributed by atoms with Crippen LogP contribution in [-0.4, -0.2) is 58.9 Å². The van der Waals surface area contributed by atoms with Crippen molar-refractivity contribution in [2.45, 2.75) is 19.2 Å². The third-order valence-electron chi connectivity index (χ3n) is 7.08. The molecule has 6 rings (SSSR count). The summed E-state index contributed by atoms with van der Waals surface area (Å²) >= 11 is 0. The van der Waals surface area contributed by atoms with E-state index in [1.54, 1.807) is 7.11 Å². The number of aromatic nitrogens is 2. The molecule has 3 heterocycles. The minimum Gasteiger partial charge on any atom is -0.497 e. The third kappa shape index (κ3) is 2.80. The molecule has 7 heteroatoms. The van der Waals surface area contributed by atoms with Gasteiger partial charge in [0.25, 0.3) is 5.91 Å². The first kappa shape index (κ1) is 21.0. The van der Waals surface area contributed by atoms with Crippen molar-refractivity contribution in [2.75, 3.05) is 27.7 Å². The zero-order valence-corrected chi connectivity index (χ0v) is 19.8. The van der Waals surface area contributed by atoms with Crippen LogP contribution in [-0.2, 0) is 20.1 Å². The number of nitrogens with one attached hydrogen (secondary N) is 1. The monoisotopic (exact) mass is 456 g/mol. The van der Waals surface area contributed by atoms with E-state index in [0.29, 0.717) is 19.6 Å². The molecule has 1 aliphatic heterocycles. The molecule has 2 aromatic heterocycles. The summed E-state index contributed by atoms with van der Waals surface area (Å²) in [6.07, 6.45) is -0.555. The summed E-state index contributed by atoms with van der Waals surface area (Å²) in [5.74, 6) is 0.742. The fraction of sp³-hybridized carbons (Fsp3) is 0.296. The van der Waals surface area contributed by atoms with Crippen molar-refractivity contribution in [1.82, 2.24) is 19.4 Å². The van der Waals surface area contributed by atoms with Gasteiger partial charge in [0, 0.05) is 52.7 Å². The standard InChI is InChI=1S/C27H28N4O3/c1-29(2)13-15(32)14-31-21-8-6-5-7-17(21)23-24-19(12-28-27(24)33)22-18-11-16(34-4)9-10-20(18)30(3)25(22)26(23)31/h5-11,15,32H,12-14H2,1-4H3,(H,28,33). The van der Waals surface area contributed by atoms with Gasteiger partial charge in [0.2, 0.25) is 0 Å². The van der Waals surface area contributed by atoms with Crippen LogP contribution >= 0.6 is 0 Å². The van der Waals surface area contributed by atoms with Crippen molar-refractivity contribution >= 4 is 49.5 Å². The van der Waals surface area contributed by atoms with Crippen LogP contribution in [0.1, 0.15) is 15.9 Å². The molecule has 34 heavy (non-hydrogen) atoms. The first-order valence-electron chi connectivity index (χ1n) is 11.5. The number of aliphatic hydroxyl groups is 1. The molecule has 1 atom stereocenters. The van der Waals surface area contributed by atoms with Crippen LogP contribution in [0.3, 0.4) is 0 Å². The van der Waals surface area contributed by atoms with Gasteiger partial charge < -0.3 is 29.2 Å². The second kappa shape index (κ2) is 7.48. The zero-order valence-electron chi connectivity index (χ0n) is 19.8. The number of fused-ring (bicyclic) bond motifs is 10. The lowest BCUT2D eigenvalue weighted by molar-refractivity contribution is 0.0967. The average Bonchev–Trinajstić information content (AvgIpc) is 3.44. The summed E-state index contributed by atoms with van der Waals surface area (Å²) in [4.78, 5) is 15.2. The molecule has 0 radical (unpaired) electrons. The lowest BCUT2D eigenvalue weighted by Gasteiger charge is -2.18. The minimum atomic E-state index is -0.555. The fourth-order valence-corrected chi connectivity index (χ4v) is 5.78. The maximum absolute atomic E-state index is 13.2. The molecule has 5 aromatic rings. The van der Waals surface area contributed by atoms with E-state index in [9.17, 15) is 9.90 Å². The normalized spacial score (nSPS) is 14.6. The van der Waals surface area contributed by atoms with E-state index in [0.717, 1.165) is 60.5 Å². The molecule has 174 valence electrons. The smallest absolute Gasteiger partial charge is 0.252 e. The number of benzene rings is 3. The van der Waals surface area contributed by atoms with E-state index in [2.05, 4.69) is 45.8 Å². The molecule has 1 amide bonds. The quantitative estimate of drug-likeness (QED) is 0.424. The van der Waals surface area contributed by atoms with Crippen LogP contribution in [0.4, 0.5) is 0 Å². The number of aryl methyl sites for hydroxylation is 1. The van der Waals surface area contributed by atoms with E-state index < -0.39 is 6.10 Å². The maximum atomic E-state index is 13.2. The Bertz CT molecular complexity index is 1630. The van der Waals surface area contributed by atoms with Gasteiger partial charge in [-0.1, -0.05) is 18.2 Å². The van der Waals surface area contributed by atoms with Gasteiger partial charge in [0.05, 0.1) is 36.4 Å². The second-order valence-corrected chi connectivity index (χ2v) is 9.47. The molecule has 0 bridgehead atoms. The minimum absolute atomic E-state index is 0.0430. The van der Waals surface area contributed by atoms with Gasteiger partial charge in [-0.3, -0.25) is 4.79 Å². The van der Waals surface area contributed by atoms with Crippen LogP contribution in [0.15, 0.2) is 42.5 Å². The van der Waals surface area contributed by atoms with Crippen molar-refractivity contribution in [1.29, 1.82) is 0 Å². The summed E-state index contributed by atoms with van der Waals surface area (Å²) in [6, 6.07) is 14.3. The van der Waals surface area contributed by atoms with E-state index in [1.165, 1.54) is 0 Å². The van der Waals surface area contributed by atoms with Crippen molar-refractivity contribution < 1.29 is 14.6 Å². The number of ether oxygens (including phenoxy) is 1. The largest absolute Gasteiger partial charge is 0.497 e. The number of rotatable bonds is 5. The third-order valence-corrected chi connectivity index (χ3v) is 7.08. The van der Waals surface area contributed by atoms with E-state index in [4.69, 9.17) is 4.74 Å². The highest BCUT2D eigenvalue weighted by Gasteiger charge is 2.32. The molecule has 0 saturated carbocycles. The average molecular weight is 457 g/mol. The molecule has 0 fully saturated rings. The lowest BCUT2D eigenvalue weighted by atomic mass is 9.97. The van der Waals surface area contributed by atoms with Gasteiger partial charge in [-0.2, -0.15) is 0 Å². The Morgan fingerprint density at radius 2 is 1.88 bits per heavy atom. The van der Waals surface area contributed by atoms with Gasteiger partial charge in [0.1, 0.15) is 5.75 Å². The summed E-state index contributed by atoms with van der Waals surface area (Å²) < 4.78 is 9.94. The number of methoxy groups -OCH3 is 1. The van der Waals surface area contributed by atoms with Gasteiger partial charge >= 0.3 is 0 Å². The highest BCUT2D eigenvalue weighted by Crippen LogP contribution is 2.45. The van der Waals surface area contributed by atoms with E-state index in [1.807, 2.05) is 37.2 Å². The van der Waals surface area contributed by atoms with Crippen molar-refractivity contribution in [3.05, 3.63) is 53.6 Å². The Morgan fingerprint density at radius 1 is 1.09 bits per heavy atom. The number of aliphatic hydroxyl groups excluding tert-OH is 1. The maximum Gasteiger partial charge on any atom is 0.252 e. The van der Waals surface area contributed by atoms with Crippen molar-refractivity contribution in [3.8, 4) is 5.75 Å². The summed E-state index contributed by atoms with van der Waals surface area (Å²) in [7, 11) is 7.67. The molecule has 0 aliphatic carbocycles. The molecular weight excluding hydrogens is 428 g/mol. The first-order valence-corrected chi connectivity index (χ1v) is 11.5. The zero-order chi connectivity index (χ0) is 23.7. The number of nitrogens with zero attached hydrogens (tertiary/aromatic N) is 3. The molecule has 1 unspecified atom stereocenters. The first-order chi connectivity index (χ1) is 16.4. The number of hydrogen-bond donors (Lipinski definition) is 2. The number of hydrogen-bond acceptors (Lipinski definition) is 4. The molecule has 3 aromatic carbocycles. The van der Waals surface area contributed by atoms with Crippen molar-refractivity contribution in [3.63, 3.8) is 0 Å². The van der Waals surface area contributed by atoms with Crippen LogP contribution in [0.2, 0.25) is 0 Å². The van der Waals surface area contributed by atoms with Crippen LogP contribution in [0, 0.1) is 0 Å². The second-order valence-electron chi connectivity index (χ2n) is 9.47. The number of carbonyl (C=O) groups excluding carboxylic acids is 1. The Morgan fingerprint density at radius 3 is 2.65 bits per heavy atom. The van der Waals surface area contributed by atoms with Crippen molar-refractivity contribution in [2.24, 2.45) is 7.05 Å². The fourth-order valence-electron chi connectivity index (χ4n) is 5.78. The molecule has 2 N–H and O–H groups in total. The number of carbonyl (C=O) groups is 1. The molecule has 1 aliphatic rings. The molecule has 0 spiro atoms. The SMILES string of the molecule is COc1ccc2c(c1)c1c3c(c4c5ccccc5n(CC(O)CN(C)C)c4c1n2C)C(=O)NC3. The highest BCUT2D eigenvalue weighted by molar-refractivity contribution is 6.30. The lowest BCUT2D eigenvalue weighted by Crippen LogP contribution is -2.29. The molecule has 0 saturated heterocycles. The van der Waals surface area contributed by atoms with Gasteiger partial charge in [-0.05, 0) is 43.9 Å². The summed E-state index contributed by atoms with van der Waals surface area (Å²) in [5, 5.41) is 18.1. The van der Waals surface area contributed by atoms with Gasteiger partial charge in [-0.15, -0.1) is 0 Å². The number of amides is 1. The topological polar surface area (TPSA) is 71.7 Å². The van der Waals surface area contributed by atoms with Crippen LogP contribution in [0.5, 0.6) is 5.75 Å². The Labute approximate surface area is 197 Å². The predicted octanol–water partition coefficient (Wildman–Crippen LogP) is 3.61. The number of para-hydroxylation sites is 1. The summed E-state index contributed by atoms with van der Waals surface area (Å²) in [5.41, 5.74) is 5.94. The van der Waals surface area contributed by atoms with Gasteiger partial charge in [-0.25, -0.2) is 0 Å². The van der Waals surface area contributed by atoms with Crippen LogP contribution in [0.25, 0.3) is 43.6 Å². The molecule has 7 nitrogen and oxygen atoms in total. The van der Waals surface area contributed by atoms with E-state index >= 15 is 0 Å². The number of likely N-dealkylation sites (N-methyl/N-ethyl adjacent to an activating group) is 1. The molecular formula is C27H28N4O3. The Balaban J connectivity index is 1.84. The predicted molar refractivity (Wildman–Crippen MR) is 136 cm³/mol. The van der Waals surface area contributed by atoms with Gasteiger partial charge in [0.15, 0.2) is 0 Å². The summed E-state index contributed by atoms with van der Waals surface area (Å²) in [6.45, 7) is 1.48.